The van der Waals surface area contributed by atoms with Gasteiger partial charge in [-0.05, 0) is 25.3 Å². The lowest BCUT2D eigenvalue weighted by Gasteiger charge is -2.36. The molecule has 0 aromatic carbocycles. The minimum atomic E-state index is 1.13. The smallest absolute Gasteiger partial charge is 0.164 e. The minimum Gasteiger partial charge on any atom is -0.313 e. The molecule has 0 amide bonds. The Kier molecular flexibility index (Phi) is 6.97. The molecule has 0 N–H and O–H groups in total. The van der Waals surface area contributed by atoms with Crippen molar-refractivity contribution in [1.29, 1.82) is 0 Å². The van der Waals surface area contributed by atoms with Crippen molar-refractivity contribution in [3.63, 3.8) is 0 Å². The predicted molar refractivity (Wildman–Crippen MR) is 60.2 cm³/mol. The Hall–Kier alpha value is -0.300. The summed E-state index contributed by atoms with van der Waals surface area (Å²) in [5.41, 5.74) is 0. The van der Waals surface area contributed by atoms with Gasteiger partial charge >= 0.3 is 0 Å². The number of quaternary nitrogens is 1. The van der Waals surface area contributed by atoms with Crippen molar-refractivity contribution < 1.29 is 4.48 Å². The van der Waals surface area contributed by atoms with Gasteiger partial charge in [0.1, 0.15) is 0 Å². The van der Waals surface area contributed by atoms with Gasteiger partial charge in [0.25, 0.3) is 0 Å². The van der Waals surface area contributed by atoms with E-state index < -0.39 is 0 Å². The molecule has 0 unspecified atom stereocenters. The molecule has 0 atom stereocenters. The van der Waals surface area contributed by atoms with E-state index in [1.165, 1.54) is 38.9 Å². The van der Waals surface area contributed by atoms with Crippen molar-refractivity contribution in [2.75, 3.05) is 19.6 Å². The lowest BCUT2D eigenvalue weighted by molar-refractivity contribution is -0.896. The monoisotopic (exact) mass is 183 g/mol. The van der Waals surface area contributed by atoms with Crippen molar-refractivity contribution in [1.82, 2.24) is 0 Å². The topological polar surface area (TPSA) is 0 Å². The summed E-state index contributed by atoms with van der Waals surface area (Å²) in [4.78, 5) is 0. The highest BCUT2D eigenvalue weighted by atomic mass is 15.3. The Morgan fingerprint density at radius 1 is 0.923 bits per heavy atom. The van der Waals surface area contributed by atoms with Gasteiger partial charge in [-0.25, -0.2) is 0 Å². The second kappa shape index (κ2) is 7.14. The van der Waals surface area contributed by atoms with E-state index in [9.17, 15) is 0 Å². The lowest BCUT2D eigenvalue weighted by atomic mass is 10.2. The summed E-state index contributed by atoms with van der Waals surface area (Å²) in [6.07, 6.45) is 5.72. The van der Waals surface area contributed by atoms with E-state index in [4.69, 9.17) is 0 Å². The second-order valence-corrected chi connectivity index (χ2v) is 3.77. The summed E-state index contributed by atoms with van der Waals surface area (Å²) >= 11 is 0. The normalized spacial score (nSPS) is 11.6. The highest BCUT2D eigenvalue weighted by Crippen LogP contribution is 2.14. The summed E-state index contributed by atoms with van der Waals surface area (Å²) in [6, 6.07) is 0. The van der Waals surface area contributed by atoms with Crippen LogP contribution in [0.1, 0.15) is 40.0 Å². The van der Waals surface area contributed by atoms with Crippen molar-refractivity contribution >= 4 is 0 Å². The lowest BCUT2D eigenvalue weighted by Crippen LogP contribution is -2.46. The average molecular weight is 183 g/mol. The molecule has 0 saturated heterocycles. The summed E-state index contributed by atoms with van der Waals surface area (Å²) in [7, 11) is 0. The van der Waals surface area contributed by atoms with Crippen LogP contribution in [0, 0.1) is 6.54 Å². The molecular weight excluding hydrogens is 158 g/mol. The average Bonchev–Trinajstić information content (AvgIpc) is 2.06. The number of hydrogen-bond acceptors (Lipinski definition) is 0. The molecule has 0 bridgehead atoms. The van der Waals surface area contributed by atoms with E-state index in [1.54, 1.807) is 0 Å². The van der Waals surface area contributed by atoms with Gasteiger partial charge in [0.15, 0.2) is 6.54 Å². The van der Waals surface area contributed by atoms with Gasteiger partial charge in [-0.1, -0.05) is 27.4 Å². The maximum absolute atomic E-state index is 3.82. The molecule has 0 aliphatic heterocycles. The number of hydrogen-bond donors (Lipinski definition) is 0. The van der Waals surface area contributed by atoms with Gasteiger partial charge in [-0.3, -0.25) is 0 Å². The van der Waals surface area contributed by atoms with Crippen molar-refractivity contribution in [2.45, 2.75) is 40.0 Å². The minimum absolute atomic E-state index is 1.13. The molecule has 0 aliphatic carbocycles. The molecule has 1 radical (unpaired) electrons. The molecule has 0 rings (SSSR count). The van der Waals surface area contributed by atoms with Crippen LogP contribution in [0.2, 0.25) is 0 Å². The van der Waals surface area contributed by atoms with Crippen LogP contribution in [0.3, 0.4) is 0 Å². The van der Waals surface area contributed by atoms with Gasteiger partial charge in [0, 0.05) is 0 Å². The highest BCUT2D eigenvalue weighted by molar-refractivity contribution is 4.79. The largest absolute Gasteiger partial charge is 0.313 e. The zero-order valence-electron chi connectivity index (χ0n) is 9.55. The zero-order valence-corrected chi connectivity index (χ0v) is 9.55. The van der Waals surface area contributed by atoms with Crippen molar-refractivity contribution in [3.8, 4) is 0 Å². The first kappa shape index (κ1) is 12.7. The maximum atomic E-state index is 3.82. The van der Waals surface area contributed by atoms with Gasteiger partial charge in [0.2, 0.25) is 0 Å². The van der Waals surface area contributed by atoms with E-state index in [-0.39, 0.29) is 0 Å². The molecule has 0 aliphatic rings. The SMILES string of the molecule is C=C[CH][N+](CCC)(CCC)CCC. The highest BCUT2D eigenvalue weighted by Gasteiger charge is 2.23. The van der Waals surface area contributed by atoms with Gasteiger partial charge in [-0.2, -0.15) is 0 Å². The van der Waals surface area contributed by atoms with Crippen LogP contribution in [0.5, 0.6) is 0 Å². The molecule has 77 valence electrons. The molecule has 0 heterocycles. The first-order chi connectivity index (χ1) is 6.24. The Balaban J connectivity index is 4.27. The van der Waals surface area contributed by atoms with E-state index in [2.05, 4.69) is 33.9 Å². The van der Waals surface area contributed by atoms with Crippen LogP contribution in [-0.4, -0.2) is 24.1 Å². The van der Waals surface area contributed by atoms with Crippen LogP contribution in [0.15, 0.2) is 12.7 Å². The Bertz CT molecular complexity index is 112. The van der Waals surface area contributed by atoms with Crippen LogP contribution in [0.4, 0.5) is 0 Å². The predicted octanol–water partition coefficient (Wildman–Crippen LogP) is 3.38. The Morgan fingerprint density at radius 2 is 1.31 bits per heavy atom. The molecule has 1 heteroatoms. The standard InChI is InChI=1S/C12H25N/c1-5-9-13(10-6-2,11-7-3)12-8-4/h5,9H,1,6-8,10-12H2,2-4H3/q+1. The molecule has 13 heavy (non-hydrogen) atoms. The first-order valence-corrected chi connectivity index (χ1v) is 5.57. The first-order valence-electron chi connectivity index (χ1n) is 5.57. The molecule has 0 aromatic rings. The fourth-order valence-corrected chi connectivity index (χ4v) is 2.12. The van der Waals surface area contributed by atoms with Gasteiger partial charge in [0.05, 0.1) is 19.6 Å². The third kappa shape index (κ3) is 4.47. The molecule has 0 aromatic heterocycles. The van der Waals surface area contributed by atoms with Crippen molar-refractivity contribution in [3.05, 3.63) is 19.2 Å². The van der Waals surface area contributed by atoms with E-state index in [0.717, 1.165) is 4.48 Å². The molecule has 0 fully saturated rings. The van der Waals surface area contributed by atoms with Crippen LogP contribution < -0.4 is 0 Å². The Labute approximate surface area is 84.0 Å². The summed E-state index contributed by atoms with van der Waals surface area (Å²) in [5, 5.41) is 0. The maximum Gasteiger partial charge on any atom is 0.164 e. The van der Waals surface area contributed by atoms with Gasteiger partial charge in [-0.15, -0.1) is 0 Å². The third-order valence-electron chi connectivity index (χ3n) is 2.43. The summed E-state index contributed by atoms with van der Waals surface area (Å²) in [5.74, 6) is 0. The molecule has 0 saturated carbocycles. The fraction of sp³-hybridized carbons (Fsp3) is 0.750. The molecular formula is C12H25N+. The Morgan fingerprint density at radius 3 is 1.54 bits per heavy atom. The number of nitrogens with zero attached hydrogens (tertiary/aromatic N) is 1. The van der Waals surface area contributed by atoms with Crippen LogP contribution in [0.25, 0.3) is 0 Å². The zero-order chi connectivity index (χ0) is 10.2. The van der Waals surface area contributed by atoms with E-state index in [1.807, 2.05) is 6.08 Å². The fourth-order valence-electron chi connectivity index (χ4n) is 2.12. The van der Waals surface area contributed by atoms with E-state index >= 15 is 0 Å². The van der Waals surface area contributed by atoms with Gasteiger partial charge < -0.3 is 4.48 Å². The molecule has 1 nitrogen and oxygen atoms in total. The van der Waals surface area contributed by atoms with Crippen LogP contribution >= 0.6 is 0 Å². The van der Waals surface area contributed by atoms with E-state index in [0.29, 0.717) is 0 Å². The van der Waals surface area contributed by atoms with Crippen LogP contribution in [-0.2, 0) is 0 Å². The second-order valence-electron chi connectivity index (χ2n) is 3.77. The summed E-state index contributed by atoms with van der Waals surface area (Å²) < 4.78 is 1.13. The third-order valence-corrected chi connectivity index (χ3v) is 2.43. The number of rotatable bonds is 8. The quantitative estimate of drug-likeness (QED) is 0.506. The summed E-state index contributed by atoms with van der Waals surface area (Å²) in [6.45, 7) is 16.6. The molecule has 0 spiro atoms. The van der Waals surface area contributed by atoms with Crippen molar-refractivity contribution in [2.24, 2.45) is 0 Å².